The number of carbonyl (C=O) groups excluding carboxylic acids is 1. The van der Waals surface area contributed by atoms with E-state index in [9.17, 15) is 9.59 Å². The van der Waals surface area contributed by atoms with E-state index in [1.165, 1.54) is 0 Å². The van der Waals surface area contributed by atoms with Crippen LogP contribution in [0.4, 0.5) is 0 Å². The van der Waals surface area contributed by atoms with Gasteiger partial charge in [-0.25, -0.2) is 0 Å². The smallest absolute Gasteiger partial charge is 0.303 e. The van der Waals surface area contributed by atoms with Crippen LogP contribution in [0.3, 0.4) is 0 Å². The monoisotopic (exact) mass is 231 g/mol. The molecule has 2 N–H and O–H groups in total. The minimum Gasteiger partial charge on any atom is -0.481 e. The average Bonchev–Trinajstić information content (AvgIpc) is 2.23. The van der Waals surface area contributed by atoms with E-state index in [-0.39, 0.29) is 12.3 Å². The molecule has 0 aliphatic rings. The Kier molecular flexibility index (Phi) is 9.70. The highest BCUT2D eigenvalue weighted by Gasteiger charge is 2.00. The molecule has 5 heteroatoms. The van der Waals surface area contributed by atoms with Crippen LogP contribution in [0.2, 0.25) is 0 Å². The van der Waals surface area contributed by atoms with Crippen LogP contribution >= 0.6 is 0 Å². The van der Waals surface area contributed by atoms with Gasteiger partial charge in [-0.15, -0.1) is 0 Å². The number of amides is 1. The number of rotatable bonds is 10. The predicted molar refractivity (Wildman–Crippen MR) is 60.2 cm³/mol. The van der Waals surface area contributed by atoms with Gasteiger partial charge in [0.1, 0.15) is 0 Å². The standard InChI is InChI=1S/C11H21NO4/c1-16-9-5-6-10(13)12-8-4-2-3-7-11(14)15/h2-9H2,1H3,(H,12,13)(H,14,15). The number of carboxylic acids is 1. The van der Waals surface area contributed by atoms with Gasteiger partial charge in [0.05, 0.1) is 0 Å². The van der Waals surface area contributed by atoms with E-state index in [2.05, 4.69) is 5.32 Å². The van der Waals surface area contributed by atoms with E-state index >= 15 is 0 Å². The average molecular weight is 231 g/mol. The molecule has 0 aromatic heterocycles. The third-order valence-electron chi connectivity index (χ3n) is 2.14. The van der Waals surface area contributed by atoms with Crippen molar-refractivity contribution >= 4 is 11.9 Å². The Morgan fingerprint density at radius 2 is 1.88 bits per heavy atom. The van der Waals surface area contributed by atoms with Crippen LogP contribution in [0.1, 0.15) is 38.5 Å². The summed E-state index contributed by atoms with van der Waals surface area (Å²) in [7, 11) is 1.61. The molecule has 0 saturated heterocycles. The summed E-state index contributed by atoms with van der Waals surface area (Å²) in [5.41, 5.74) is 0. The molecule has 0 aromatic carbocycles. The quantitative estimate of drug-likeness (QED) is 0.553. The normalized spacial score (nSPS) is 10.1. The van der Waals surface area contributed by atoms with Gasteiger partial charge in [-0.1, -0.05) is 6.42 Å². The number of nitrogens with one attached hydrogen (secondary N) is 1. The molecule has 0 rings (SSSR count). The number of methoxy groups -OCH3 is 1. The third kappa shape index (κ3) is 11.0. The van der Waals surface area contributed by atoms with Gasteiger partial charge < -0.3 is 15.2 Å². The number of aliphatic carboxylic acids is 1. The van der Waals surface area contributed by atoms with Crippen LogP contribution in [0.5, 0.6) is 0 Å². The maximum Gasteiger partial charge on any atom is 0.303 e. The van der Waals surface area contributed by atoms with Gasteiger partial charge in [0.2, 0.25) is 5.91 Å². The Morgan fingerprint density at radius 3 is 2.50 bits per heavy atom. The van der Waals surface area contributed by atoms with Gasteiger partial charge in [0.25, 0.3) is 0 Å². The van der Waals surface area contributed by atoms with Crippen molar-refractivity contribution in [1.82, 2.24) is 5.32 Å². The van der Waals surface area contributed by atoms with Crippen molar-refractivity contribution < 1.29 is 19.4 Å². The highest BCUT2D eigenvalue weighted by atomic mass is 16.5. The lowest BCUT2D eigenvalue weighted by molar-refractivity contribution is -0.137. The molecule has 0 radical (unpaired) electrons. The van der Waals surface area contributed by atoms with Crippen molar-refractivity contribution in [3.63, 3.8) is 0 Å². The highest BCUT2D eigenvalue weighted by molar-refractivity contribution is 5.75. The Bertz CT molecular complexity index is 206. The molecule has 0 fully saturated rings. The first kappa shape index (κ1) is 14.9. The summed E-state index contributed by atoms with van der Waals surface area (Å²) >= 11 is 0. The van der Waals surface area contributed by atoms with Gasteiger partial charge >= 0.3 is 5.97 Å². The maximum atomic E-state index is 11.2. The fraction of sp³-hybridized carbons (Fsp3) is 0.818. The minimum atomic E-state index is -0.761. The summed E-state index contributed by atoms with van der Waals surface area (Å²) in [6.07, 6.45) is 3.79. The lowest BCUT2D eigenvalue weighted by atomic mass is 10.2. The van der Waals surface area contributed by atoms with Crippen LogP contribution in [-0.2, 0) is 14.3 Å². The van der Waals surface area contributed by atoms with Gasteiger partial charge in [-0.3, -0.25) is 9.59 Å². The van der Waals surface area contributed by atoms with E-state index in [1.807, 2.05) is 0 Å². The molecule has 0 spiro atoms. The molecule has 0 heterocycles. The van der Waals surface area contributed by atoms with Gasteiger partial charge in [0, 0.05) is 33.1 Å². The molecule has 94 valence electrons. The second-order valence-electron chi connectivity index (χ2n) is 3.65. The molecule has 5 nitrogen and oxygen atoms in total. The molecule has 0 atom stereocenters. The molecule has 0 aromatic rings. The number of carboxylic acid groups (broad SMARTS) is 1. The zero-order valence-corrected chi connectivity index (χ0v) is 9.83. The van der Waals surface area contributed by atoms with Crippen LogP contribution in [0.25, 0.3) is 0 Å². The molecule has 0 aliphatic heterocycles. The number of hydrogen-bond donors (Lipinski definition) is 2. The van der Waals surface area contributed by atoms with Crippen molar-refractivity contribution in [2.45, 2.75) is 38.5 Å². The van der Waals surface area contributed by atoms with E-state index in [0.717, 1.165) is 19.3 Å². The van der Waals surface area contributed by atoms with Crippen molar-refractivity contribution in [3.05, 3.63) is 0 Å². The van der Waals surface area contributed by atoms with E-state index < -0.39 is 5.97 Å². The maximum absolute atomic E-state index is 11.2. The number of unbranched alkanes of at least 4 members (excludes halogenated alkanes) is 2. The second kappa shape index (κ2) is 10.4. The molecule has 0 unspecified atom stereocenters. The first-order valence-corrected chi connectivity index (χ1v) is 5.64. The second-order valence-corrected chi connectivity index (χ2v) is 3.65. The molecular formula is C11H21NO4. The largest absolute Gasteiger partial charge is 0.481 e. The Balaban J connectivity index is 3.18. The van der Waals surface area contributed by atoms with E-state index in [0.29, 0.717) is 26.0 Å². The SMILES string of the molecule is COCCCC(=O)NCCCCCC(=O)O. The molecule has 0 bridgehead atoms. The lowest BCUT2D eigenvalue weighted by Gasteiger charge is -2.04. The van der Waals surface area contributed by atoms with Crippen molar-refractivity contribution in [2.75, 3.05) is 20.3 Å². The summed E-state index contributed by atoms with van der Waals surface area (Å²) in [4.78, 5) is 21.4. The number of ether oxygens (including phenoxy) is 1. The summed E-state index contributed by atoms with van der Waals surface area (Å²) in [6, 6.07) is 0. The zero-order chi connectivity index (χ0) is 12.2. The third-order valence-corrected chi connectivity index (χ3v) is 2.14. The first-order chi connectivity index (χ1) is 7.66. The summed E-state index contributed by atoms with van der Waals surface area (Å²) in [6.45, 7) is 1.23. The van der Waals surface area contributed by atoms with Gasteiger partial charge in [-0.05, 0) is 19.3 Å². The topological polar surface area (TPSA) is 75.6 Å². The number of carbonyl (C=O) groups is 2. The molecule has 16 heavy (non-hydrogen) atoms. The van der Waals surface area contributed by atoms with Crippen molar-refractivity contribution in [3.8, 4) is 0 Å². The molecule has 0 saturated carbocycles. The Hall–Kier alpha value is -1.10. The number of hydrogen-bond acceptors (Lipinski definition) is 3. The predicted octanol–water partition coefficient (Wildman–Crippen LogP) is 1.17. The summed E-state index contributed by atoms with van der Waals surface area (Å²) in [5, 5.41) is 11.2. The Morgan fingerprint density at radius 1 is 1.12 bits per heavy atom. The fourth-order valence-corrected chi connectivity index (χ4v) is 1.27. The van der Waals surface area contributed by atoms with Crippen LogP contribution in [0.15, 0.2) is 0 Å². The van der Waals surface area contributed by atoms with E-state index in [4.69, 9.17) is 9.84 Å². The van der Waals surface area contributed by atoms with Crippen LogP contribution in [0, 0.1) is 0 Å². The van der Waals surface area contributed by atoms with Gasteiger partial charge in [0.15, 0.2) is 0 Å². The molecule has 0 aliphatic carbocycles. The zero-order valence-electron chi connectivity index (χ0n) is 9.83. The fourth-order valence-electron chi connectivity index (χ4n) is 1.27. The Labute approximate surface area is 96.2 Å². The highest BCUT2D eigenvalue weighted by Crippen LogP contribution is 1.98. The lowest BCUT2D eigenvalue weighted by Crippen LogP contribution is -2.24. The van der Waals surface area contributed by atoms with E-state index in [1.54, 1.807) is 7.11 Å². The van der Waals surface area contributed by atoms with Crippen LogP contribution in [-0.4, -0.2) is 37.2 Å². The summed E-state index contributed by atoms with van der Waals surface area (Å²) in [5.74, 6) is -0.723. The molecular weight excluding hydrogens is 210 g/mol. The first-order valence-electron chi connectivity index (χ1n) is 5.64. The molecule has 1 amide bonds. The van der Waals surface area contributed by atoms with Crippen molar-refractivity contribution in [2.24, 2.45) is 0 Å². The van der Waals surface area contributed by atoms with Crippen LogP contribution < -0.4 is 5.32 Å². The van der Waals surface area contributed by atoms with Crippen molar-refractivity contribution in [1.29, 1.82) is 0 Å². The minimum absolute atomic E-state index is 0.0373. The summed E-state index contributed by atoms with van der Waals surface area (Å²) < 4.78 is 4.84. The van der Waals surface area contributed by atoms with Gasteiger partial charge in [-0.2, -0.15) is 0 Å².